The largest absolute Gasteiger partial charge is 0.292 e. The summed E-state index contributed by atoms with van der Waals surface area (Å²) in [7, 11) is -2.88. The number of rotatable bonds is 6. The highest BCUT2D eigenvalue weighted by Gasteiger charge is 2.42. The Bertz CT molecular complexity index is 2820. The lowest BCUT2D eigenvalue weighted by Crippen LogP contribution is -2.74. The predicted octanol–water partition coefficient (Wildman–Crippen LogP) is 8.99. The fourth-order valence-electron chi connectivity index (χ4n) is 8.06. The third-order valence-electron chi connectivity index (χ3n) is 10.2. The van der Waals surface area contributed by atoms with Crippen molar-refractivity contribution in [2.24, 2.45) is 0 Å². The molecule has 10 aromatic rings. The number of hydrogen-bond donors (Lipinski definition) is 0. The van der Waals surface area contributed by atoms with Crippen LogP contribution < -0.4 is 20.7 Å². The van der Waals surface area contributed by atoms with Gasteiger partial charge in [-0.3, -0.25) is 9.55 Å². The Morgan fingerprint density at radius 1 is 0.451 bits per heavy atom. The molecule has 0 radical (unpaired) electrons. The van der Waals surface area contributed by atoms with Gasteiger partial charge in [0.05, 0.1) is 15.9 Å². The maximum Gasteiger partial charge on any atom is 0.179 e. The fourth-order valence-corrected chi connectivity index (χ4v) is 14.1. The Hall–Kier alpha value is -6.14. The quantitative estimate of drug-likeness (QED) is 0.129. The Morgan fingerprint density at radius 2 is 1.10 bits per heavy atom. The van der Waals surface area contributed by atoms with Crippen LogP contribution in [0.1, 0.15) is 0 Å². The highest BCUT2D eigenvalue weighted by Crippen LogP contribution is 2.42. The summed E-state index contributed by atoms with van der Waals surface area (Å²) in [4.78, 5) is 9.78. The van der Waals surface area contributed by atoms with Crippen molar-refractivity contribution in [1.29, 1.82) is 0 Å². The number of aromatic nitrogens is 3. The molecule has 0 atom stereocenters. The van der Waals surface area contributed by atoms with E-state index in [1.807, 2.05) is 29.8 Å². The summed E-state index contributed by atoms with van der Waals surface area (Å²) in [6.45, 7) is 0. The molecule has 0 fully saturated rings. The molecule has 4 aromatic heterocycles. The lowest BCUT2D eigenvalue weighted by Gasteiger charge is -2.35. The molecular weight excluding hydrogens is 655 g/mol. The maximum atomic E-state index is 5.04. The number of pyridine rings is 2. The van der Waals surface area contributed by atoms with Gasteiger partial charge in [0.25, 0.3) is 0 Å². The zero-order chi connectivity index (χ0) is 33.8. The normalized spacial score (nSPS) is 11.9. The lowest BCUT2D eigenvalue weighted by molar-refractivity contribution is 1.14. The molecule has 0 bridgehead atoms. The fraction of sp³-hybridized carbons (Fsp3) is 0. The number of hydrogen-bond acceptors (Lipinski definition) is 3. The van der Waals surface area contributed by atoms with Crippen LogP contribution in [0, 0.1) is 0 Å². The van der Waals surface area contributed by atoms with E-state index >= 15 is 0 Å². The van der Waals surface area contributed by atoms with E-state index in [4.69, 9.17) is 9.97 Å². The summed E-state index contributed by atoms with van der Waals surface area (Å²) in [6.07, 6.45) is 3.79. The van der Waals surface area contributed by atoms with Gasteiger partial charge >= 0.3 is 0 Å². The molecule has 51 heavy (non-hydrogen) atoms. The van der Waals surface area contributed by atoms with Crippen LogP contribution in [0.5, 0.6) is 0 Å². The molecule has 0 aliphatic rings. The van der Waals surface area contributed by atoms with Crippen LogP contribution in [-0.4, -0.2) is 22.6 Å². The first-order valence-electron chi connectivity index (χ1n) is 17.2. The first kappa shape index (κ1) is 29.7. The van der Waals surface area contributed by atoms with Crippen LogP contribution in [0.2, 0.25) is 0 Å². The highest BCUT2D eigenvalue weighted by molar-refractivity contribution is 7.26. The van der Waals surface area contributed by atoms with E-state index in [-0.39, 0.29) is 0 Å². The Balaban J connectivity index is 1.30. The van der Waals surface area contributed by atoms with Crippen LogP contribution in [0.3, 0.4) is 0 Å². The van der Waals surface area contributed by atoms with Gasteiger partial charge in [-0.2, -0.15) is 0 Å². The van der Waals surface area contributed by atoms with Crippen LogP contribution >= 0.6 is 11.3 Å². The SMILES string of the molecule is c1ccc([Si](c2ccccc2)(c2cccc(-c3ccccn3)c2)c2cccc(-n3c4ncccc4c4ccc5c6ccccc6sc5c43)c2)cc1. The number of benzene rings is 6. The summed E-state index contributed by atoms with van der Waals surface area (Å²) in [6, 6.07) is 64.3. The second-order valence-electron chi connectivity index (χ2n) is 13.0. The molecule has 0 unspecified atom stereocenters. The van der Waals surface area contributed by atoms with Crippen molar-refractivity contribution < 1.29 is 0 Å². The minimum Gasteiger partial charge on any atom is -0.292 e. The van der Waals surface area contributed by atoms with Gasteiger partial charge in [-0.05, 0) is 63.2 Å². The monoisotopic (exact) mass is 685 g/mol. The first-order valence-corrected chi connectivity index (χ1v) is 20.1. The minimum atomic E-state index is -2.88. The van der Waals surface area contributed by atoms with Gasteiger partial charge in [0.1, 0.15) is 5.65 Å². The molecule has 0 amide bonds. The summed E-state index contributed by atoms with van der Waals surface area (Å²) < 4.78 is 4.99. The molecule has 3 nitrogen and oxygen atoms in total. The predicted molar refractivity (Wildman–Crippen MR) is 218 cm³/mol. The van der Waals surface area contributed by atoms with Crippen molar-refractivity contribution in [3.8, 4) is 16.9 Å². The second-order valence-corrected chi connectivity index (χ2v) is 17.8. The Morgan fingerprint density at radius 3 is 1.88 bits per heavy atom. The highest BCUT2D eigenvalue weighted by atomic mass is 32.1. The standard InChI is InChI=1S/C46H31N3SSi/c1-3-16-34(17-4-1)51(35-18-5-2-6-19-35,36-20-11-14-32(30-36)42-24-9-10-28-47-42)37-21-12-15-33(31-37)49-44-39(41-23-13-29-48-46(41)49)26-27-40-38-22-7-8-25-43(38)50-45(40)44/h1-31H. The number of nitrogens with zero attached hydrogens (tertiary/aromatic N) is 3. The molecule has 5 heteroatoms. The molecule has 0 saturated carbocycles. The Labute approximate surface area is 300 Å². The summed E-state index contributed by atoms with van der Waals surface area (Å²) in [5.74, 6) is 0. The molecule has 0 aliphatic carbocycles. The number of thiophene rings is 1. The van der Waals surface area contributed by atoms with Crippen molar-refractivity contribution in [2.75, 3.05) is 0 Å². The second kappa shape index (κ2) is 12.0. The molecule has 0 N–H and O–H groups in total. The van der Waals surface area contributed by atoms with E-state index in [2.05, 4.69) is 174 Å². The van der Waals surface area contributed by atoms with Gasteiger partial charge in [0.15, 0.2) is 8.07 Å². The van der Waals surface area contributed by atoms with Crippen molar-refractivity contribution in [3.05, 3.63) is 188 Å². The smallest absolute Gasteiger partial charge is 0.179 e. The van der Waals surface area contributed by atoms with E-state index in [1.54, 1.807) is 0 Å². The van der Waals surface area contributed by atoms with E-state index in [1.165, 1.54) is 51.8 Å². The van der Waals surface area contributed by atoms with E-state index < -0.39 is 8.07 Å². The van der Waals surface area contributed by atoms with Crippen LogP contribution in [-0.2, 0) is 0 Å². The number of fused-ring (bicyclic) bond motifs is 7. The van der Waals surface area contributed by atoms with Crippen molar-refractivity contribution in [3.63, 3.8) is 0 Å². The van der Waals surface area contributed by atoms with Gasteiger partial charge in [0, 0.05) is 49.9 Å². The third kappa shape index (κ3) is 4.63. The van der Waals surface area contributed by atoms with Crippen molar-refractivity contribution in [2.45, 2.75) is 0 Å². The van der Waals surface area contributed by atoms with Gasteiger partial charge in [-0.15, -0.1) is 11.3 Å². The zero-order valence-electron chi connectivity index (χ0n) is 27.6. The summed E-state index contributed by atoms with van der Waals surface area (Å²) in [5, 5.41) is 10.3. The molecule has 10 rings (SSSR count). The van der Waals surface area contributed by atoms with E-state index in [0.29, 0.717) is 0 Å². The minimum absolute atomic E-state index is 0.971. The average Bonchev–Trinajstić information content (AvgIpc) is 3.76. The first-order chi connectivity index (χ1) is 25.3. The third-order valence-corrected chi connectivity index (χ3v) is 16.2. The summed E-state index contributed by atoms with van der Waals surface area (Å²) in [5.41, 5.74) is 5.38. The van der Waals surface area contributed by atoms with Crippen LogP contribution in [0.15, 0.2) is 188 Å². The lowest BCUT2D eigenvalue weighted by atomic mass is 10.1. The molecule has 240 valence electrons. The topological polar surface area (TPSA) is 30.7 Å². The van der Waals surface area contributed by atoms with Crippen molar-refractivity contribution >= 4 is 82.3 Å². The van der Waals surface area contributed by atoms with E-state index in [9.17, 15) is 0 Å². The summed E-state index contributed by atoms with van der Waals surface area (Å²) >= 11 is 1.87. The molecule has 0 spiro atoms. The zero-order valence-corrected chi connectivity index (χ0v) is 29.5. The Kier molecular flexibility index (Phi) is 7.01. The molecule has 6 aromatic carbocycles. The van der Waals surface area contributed by atoms with Gasteiger partial charge in [-0.25, -0.2) is 4.98 Å². The molecule has 0 saturated heterocycles. The van der Waals surface area contributed by atoms with Crippen LogP contribution in [0.4, 0.5) is 0 Å². The van der Waals surface area contributed by atoms with E-state index in [0.717, 1.165) is 28.0 Å². The maximum absolute atomic E-state index is 5.04. The van der Waals surface area contributed by atoms with Gasteiger partial charge in [0.2, 0.25) is 0 Å². The molecular formula is C46H31N3SSi. The molecule has 0 aliphatic heterocycles. The van der Waals surface area contributed by atoms with Crippen molar-refractivity contribution in [1.82, 2.24) is 14.5 Å². The molecule has 4 heterocycles. The average molecular weight is 686 g/mol. The van der Waals surface area contributed by atoms with Crippen LogP contribution in [0.25, 0.3) is 59.1 Å². The van der Waals surface area contributed by atoms with Gasteiger partial charge < -0.3 is 0 Å². The van der Waals surface area contributed by atoms with Gasteiger partial charge in [-0.1, -0.05) is 133 Å².